The molecule has 0 unspecified atom stereocenters. The van der Waals surface area contributed by atoms with Gasteiger partial charge >= 0.3 is 0 Å². The molecule has 0 radical (unpaired) electrons. The number of nitrogens with zero attached hydrogens (tertiary/aromatic N) is 2. The third-order valence-corrected chi connectivity index (χ3v) is 4.67. The molecule has 0 saturated heterocycles. The molecule has 0 fully saturated rings. The molecular weight excluding hydrogens is 418 g/mol. The molecule has 5 nitrogen and oxygen atoms in total. The lowest BCUT2D eigenvalue weighted by Crippen LogP contribution is -2.12. The van der Waals surface area contributed by atoms with E-state index in [-0.39, 0.29) is 5.56 Å². The fraction of sp³-hybridized carbons (Fsp3) is 0.105. The summed E-state index contributed by atoms with van der Waals surface area (Å²) in [6.07, 6.45) is 0.535. The minimum Gasteiger partial charge on any atom is -0.455 e. The molecule has 3 aromatic rings. The molecule has 0 aliphatic heterocycles. The van der Waals surface area contributed by atoms with Gasteiger partial charge in [0.2, 0.25) is 0 Å². The third kappa shape index (κ3) is 4.13. The molecule has 0 saturated carbocycles. The number of hydrogen-bond acceptors (Lipinski definition) is 4. The predicted molar refractivity (Wildman–Crippen MR) is 103 cm³/mol. The molecule has 0 aliphatic rings. The van der Waals surface area contributed by atoms with Crippen LogP contribution in [0.3, 0.4) is 0 Å². The van der Waals surface area contributed by atoms with Crippen molar-refractivity contribution in [2.75, 3.05) is 0 Å². The van der Waals surface area contributed by atoms with Crippen LogP contribution in [0, 0.1) is 18.3 Å². The smallest absolute Gasteiger partial charge is 0.267 e. The molecule has 0 spiro atoms. The van der Waals surface area contributed by atoms with E-state index < -0.39 is 0 Å². The highest BCUT2D eigenvalue weighted by Gasteiger charge is 2.10. The monoisotopic (exact) mass is 429 g/mol. The van der Waals surface area contributed by atoms with Gasteiger partial charge in [0.25, 0.3) is 5.56 Å². The van der Waals surface area contributed by atoms with Crippen molar-refractivity contribution in [1.82, 2.24) is 10.2 Å². The molecular formula is C19H13BrClN3O2. The van der Waals surface area contributed by atoms with Gasteiger partial charge in [0.1, 0.15) is 11.5 Å². The first kappa shape index (κ1) is 18.2. The Hall–Kier alpha value is -2.62. The maximum atomic E-state index is 11.4. The van der Waals surface area contributed by atoms with Crippen LogP contribution in [0.15, 0.2) is 51.7 Å². The van der Waals surface area contributed by atoms with Gasteiger partial charge in [-0.1, -0.05) is 17.7 Å². The topological polar surface area (TPSA) is 78.8 Å². The van der Waals surface area contributed by atoms with Crippen LogP contribution in [0.1, 0.15) is 22.4 Å². The number of benzene rings is 2. The summed E-state index contributed by atoms with van der Waals surface area (Å²) in [6, 6.07) is 14.3. The maximum Gasteiger partial charge on any atom is 0.267 e. The van der Waals surface area contributed by atoms with Crippen LogP contribution in [0.4, 0.5) is 0 Å². The second-order valence-corrected chi connectivity index (χ2v) is 6.93. The van der Waals surface area contributed by atoms with E-state index in [1.54, 1.807) is 31.2 Å². The van der Waals surface area contributed by atoms with Gasteiger partial charge in [-0.3, -0.25) is 4.79 Å². The van der Waals surface area contributed by atoms with Crippen LogP contribution in [-0.4, -0.2) is 10.2 Å². The third-order valence-electron chi connectivity index (χ3n) is 3.70. The van der Waals surface area contributed by atoms with Gasteiger partial charge in [-0.05, 0) is 58.7 Å². The summed E-state index contributed by atoms with van der Waals surface area (Å²) < 4.78 is 6.65. The standard InChI is InChI=1S/C19H13BrClN3O2/c1-11-6-14(23-24-19(11)25)7-12-2-4-15(20)17(8-12)26-18-9-13(10-22)3-5-16(18)21/h2-6,8-9H,7H2,1H3,(H,24,25). The second-order valence-electron chi connectivity index (χ2n) is 5.67. The minimum atomic E-state index is -0.194. The number of nitriles is 1. The average Bonchev–Trinajstić information content (AvgIpc) is 2.63. The highest BCUT2D eigenvalue weighted by atomic mass is 79.9. The van der Waals surface area contributed by atoms with Gasteiger partial charge in [0, 0.05) is 18.1 Å². The first-order chi connectivity index (χ1) is 12.5. The van der Waals surface area contributed by atoms with Gasteiger partial charge in [0.15, 0.2) is 0 Å². The Morgan fingerprint density at radius 3 is 2.77 bits per heavy atom. The van der Waals surface area contributed by atoms with Crippen molar-refractivity contribution in [3.63, 3.8) is 0 Å². The summed E-state index contributed by atoms with van der Waals surface area (Å²) in [7, 11) is 0. The maximum absolute atomic E-state index is 11.4. The van der Waals surface area contributed by atoms with Crippen molar-refractivity contribution < 1.29 is 4.74 Å². The van der Waals surface area contributed by atoms with Crippen LogP contribution >= 0.6 is 27.5 Å². The Morgan fingerprint density at radius 2 is 2.04 bits per heavy atom. The number of hydrogen-bond donors (Lipinski definition) is 1. The molecule has 1 heterocycles. The number of H-pyrrole nitrogens is 1. The van der Waals surface area contributed by atoms with E-state index in [2.05, 4.69) is 32.2 Å². The molecule has 2 aromatic carbocycles. The van der Waals surface area contributed by atoms with E-state index in [4.69, 9.17) is 21.6 Å². The lowest BCUT2D eigenvalue weighted by molar-refractivity contribution is 0.479. The molecule has 1 N–H and O–H groups in total. The largest absolute Gasteiger partial charge is 0.455 e. The normalized spacial score (nSPS) is 10.4. The molecule has 0 amide bonds. The van der Waals surface area contributed by atoms with Crippen molar-refractivity contribution in [3.8, 4) is 17.6 Å². The number of aromatic nitrogens is 2. The summed E-state index contributed by atoms with van der Waals surface area (Å²) in [5, 5.41) is 16.0. The van der Waals surface area contributed by atoms with E-state index in [1.165, 1.54) is 0 Å². The fourth-order valence-electron chi connectivity index (χ4n) is 2.36. The first-order valence-electron chi connectivity index (χ1n) is 7.67. The van der Waals surface area contributed by atoms with Crippen LogP contribution < -0.4 is 10.3 Å². The van der Waals surface area contributed by atoms with Crippen molar-refractivity contribution in [1.29, 1.82) is 5.26 Å². The Bertz CT molecular complexity index is 1070. The predicted octanol–water partition coefficient (Wildman–Crippen LogP) is 4.75. The number of aryl methyl sites for hydroxylation is 1. The van der Waals surface area contributed by atoms with Gasteiger partial charge in [-0.2, -0.15) is 10.4 Å². The van der Waals surface area contributed by atoms with Gasteiger partial charge < -0.3 is 4.74 Å². The zero-order chi connectivity index (χ0) is 18.7. The van der Waals surface area contributed by atoms with Crippen LogP contribution in [-0.2, 0) is 6.42 Å². The molecule has 7 heteroatoms. The summed E-state index contributed by atoms with van der Waals surface area (Å²) in [6.45, 7) is 1.74. The minimum absolute atomic E-state index is 0.194. The second kappa shape index (κ2) is 7.73. The zero-order valence-electron chi connectivity index (χ0n) is 13.7. The van der Waals surface area contributed by atoms with Crippen molar-refractivity contribution >= 4 is 27.5 Å². The molecule has 0 atom stereocenters. The molecule has 1 aromatic heterocycles. The zero-order valence-corrected chi connectivity index (χ0v) is 16.1. The summed E-state index contributed by atoms with van der Waals surface area (Å²) in [5.74, 6) is 0.974. The Kier molecular flexibility index (Phi) is 5.40. The highest BCUT2D eigenvalue weighted by Crippen LogP contribution is 2.35. The first-order valence-corrected chi connectivity index (χ1v) is 8.84. The lowest BCUT2D eigenvalue weighted by atomic mass is 10.1. The molecule has 3 rings (SSSR count). The molecule has 0 aliphatic carbocycles. The SMILES string of the molecule is Cc1cc(Cc2ccc(Br)c(Oc3cc(C#N)ccc3Cl)c2)n[nH]c1=O. The van der Waals surface area contributed by atoms with Crippen LogP contribution in [0.5, 0.6) is 11.5 Å². The van der Waals surface area contributed by atoms with E-state index in [0.717, 1.165) is 15.7 Å². The quantitative estimate of drug-likeness (QED) is 0.648. The summed E-state index contributed by atoms with van der Waals surface area (Å²) >= 11 is 9.62. The Labute approximate surface area is 163 Å². The highest BCUT2D eigenvalue weighted by molar-refractivity contribution is 9.10. The summed E-state index contributed by atoms with van der Waals surface area (Å²) in [5.41, 5.74) is 2.59. The number of ether oxygens (including phenoxy) is 1. The Morgan fingerprint density at radius 1 is 1.23 bits per heavy atom. The fourth-order valence-corrected chi connectivity index (χ4v) is 2.85. The molecule has 130 valence electrons. The van der Waals surface area contributed by atoms with Crippen LogP contribution in [0.2, 0.25) is 5.02 Å². The molecule has 0 bridgehead atoms. The number of nitrogens with one attached hydrogen (secondary N) is 1. The van der Waals surface area contributed by atoms with Crippen molar-refractivity contribution in [2.24, 2.45) is 0 Å². The average molecular weight is 431 g/mol. The van der Waals surface area contributed by atoms with E-state index >= 15 is 0 Å². The van der Waals surface area contributed by atoms with Gasteiger partial charge in [0.05, 0.1) is 26.8 Å². The van der Waals surface area contributed by atoms with Gasteiger partial charge in [-0.15, -0.1) is 0 Å². The van der Waals surface area contributed by atoms with E-state index in [0.29, 0.717) is 34.1 Å². The number of rotatable bonds is 4. The number of aromatic amines is 1. The summed E-state index contributed by atoms with van der Waals surface area (Å²) in [4.78, 5) is 11.4. The molecule has 26 heavy (non-hydrogen) atoms. The lowest BCUT2D eigenvalue weighted by Gasteiger charge is -2.11. The van der Waals surface area contributed by atoms with Gasteiger partial charge in [-0.25, -0.2) is 5.10 Å². The van der Waals surface area contributed by atoms with Crippen molar-refractivity contribution in [2.45, 2.75) is 13.3 Å². The van der Waals surface area contributed by atoms with Crippen molar-refractivity contribution in [3.05, 3.63) is 84.7 Å². The van der Waals surface area contributed by atoms with E-state index in [1.807, 2.05) is 18.2 Å². The number of halogens is 2. The van der Waals surface area contributed by atoms with Crippen LogP contribution in [0.25, 0.3) is 0 Å². The Balaban J connectivity index is 1.89. The van der Waals surface area contributed by atoms with E-state index in [9.17, 15) is 4.79 Å².